The molecule has 0 unspecified atom stereocenters. The van der Waals surface area contributed by atoms with Gasteiger partial charge in [-0.05, 0) is 24.5 Å². The molecule has 0 aliphatic heterocycles. The summed E-state index contributed by atoms with van der Waals surface area (Å²) in [5, 5.41) is 1.10. The fourth-order valence-electron chi connectivity index (χ4n) is 2.24. The Labute approximate surface area is 137 Å². The summed E-state index contributed by atoms with van der Waals surface area (Å²) >= 11 is 0. The minimum Gasteiger partial charge on any atom is -0.464 e. The Morgan fingerprint density at radius 2 is 2.14 bits per heavy atom. The van der Waals surface area contributed by atoms with Crippen LogP contribution in [0.5, 0.6) is 0 Å². The van der Waals surface area contributed by atoms with E-state index in [1.807, 2.05) is 36.5 Å². The number of nitrogens with two attached hydrogens (primary N) is 1. The molecule has 0 saturated carbocycles. The molecule has 0 spiro atoms. The number of nitrogens with one attached hydrogen (secondary N) is 1. The second-order valence-corrected chi connectivity index (χ2v) is 5.01. The van der Waals surface area contributed by atoms with Crippen molar-refractivity contribution < 1.29 is 9.53 Å². The van der Waals surface area contributed by atoms with Crippen LogP contribution in [0.3, 0.4) is 0 Å². The van der Waals surface area contributed by atoms with E-state index in [4.69, 9.17) is 10.5 Å². The molecule has 1 atom stereocenters. The van der Waals surface area contributed by atoms with Gasteiger partial charge in [0.25, 0.3) is 0 Å². The molecule has 3 N–H and O–H groups in total. The Kier molecular flexibility index (Phi) is 7.71. The summed E-state index contributed by atoms with van der Waals surface area (Å²) in [4.78, 5) is 15.0. The van der Waals surface area contributed by atoms with Gasteiger partial charge in [-0.3, -0.25) is 4.79 Å². The third kappa shape index (κ3) is 4.90. The van der Waals surface area contributed by atoms with E-state index in [1.54, 1.807) is 0 Å². The number of para-hydroxylation sites is 1. The molecular weight excluding hydrogens is 300 g/mol. The summed E-state index contributed by atoms with van der Waals surface area (Å²) in [5.74, 6) is -0.342. The van der Waals surface area contributed by atoms with Crippen LogP contribution in [0.1, 0.15) is 25.3 Å². The first-order valence-electron chi connectivity index (χ1n) is 7.34. The molecule has 0 radical (unpaired) electrons. The first-order chi connectivity index (χ1) is 10.2. The monoisotopic (exact) mass is 322 g/mol. The highest BCUT2D eigenvalue weighted by molar-refractivity contribution is 5.85. The van der Waals surface area contributed by atoms with E-state index in [0.717, 1.165) is 29.3 Å². The van der Waals surface area contributed by atoms with Crippen LogP contribution in [0.25, 0.3) is 10.9 Å². The van der Waals surface area contributed by atoms with Crippen LogP contribution < -0.4 is 5.73 Å². The van der Waals surface area contributed by atoms with Crippen molar-refractivity contribution in [1.82, 2.24) is 4.98 Å². The third-order valence-electron chi connectivity index (χ3n) is 3.35. The maximum Gasteiger partial charge on any atom is 0.323 e. The average molecular weight is 323 g/mol. The Morgan fingerprint density at radius 3 is 2.91 bits per heavy atom. The number of hydrogen-bond acceptors (Lipinski definition) is 3. The van der Waals surface area contributed by atoms with Gasteiger partial charge in [-0.2, -0.15) is 0 Å². The summed E-state index contributed by atoms with van der Waals surface area (Å²) in [6.45, 7) is 2.45. The number of H-pyrrole nitrogens is 1. The van der Waals surface area contributed by atoms with E-state index >= 15 is 0 Å². The smallest absolute Gasteiger partial charge is 0.323 e. The zero-order chi connectivity index (χ0) is 15.1. The summed E-state index contributed by atoms with van der Waals surface area (Å²) < 4.78 is 5.19. The third-order valence-corrected chi connectivity index (χ3v) is 3.35. The number of fused-ring (bicyclic) bond motifs is 1. The molecule has 0 fully saturated rings. The van der Waals surface area contributed by atoms with Crippen molar-refractivity contribution in [2.75, 3.05) is 6.61 Å². The lowest BCUT2D eigenvalue weighted by Gasteiger charge is -2.10. The van der Waals surface area contributed by atoms with Crippen LogP contribution in [0.4, 0.5) is 0 Å². The number of carbonyl (C=O) groups is 1. The van der Waals surface area contributed by atoms with Gasteiger partial charge in [0, 0.05) is 23.5 Å². The number of allylic oxidation sites excluding steroid dienone is 1. The van der Waals surface area contributed by atoms with Crippen LogP contribution in [0.15, 0.2) is 42.6 Å². The van der Waals surface area contributed by atoms with Crippen LogP contribution >= 0.6 is 12.4 Å². The van der Waals surface area contributed by atoms with Crippen molar-refractivity contribution in [1.29, 1.82) is 0 Å². The van der Waals surface area contributed by atoms with Crippen molar-refractivity contribution in [2.45, 2.75) is 32.2 Å². The number of carbonyl (C=O) groups excluding carboxylic acids is 1. The Morgan fingerprint density at radius 1 is 1.36 bits per heavy atom. The van der Waals surface area contributed by atoms with E-state index in [1.165, 1.54) is 0 Å². The molecule has 2 rings (SSSR count). The van der Waals surface area contributed by atoms with E-state index in [9.17, 15) is 4.79 Å². The lowest BCUT2D eigenvalue weighted by Crippen LogP contribution is -2.34. The normalized spacial score (nSPS) is 12.3. The Bertz CT molecular complexity index is 622. The van der Waals surface area contributed by atoms with Crippen LogP contribution in [-0.4, -0.2) is 23.6 Å². The molecule has 1 aromatic carbocycles. The van der Waals surface area contributed by atoms with Crippen LogP contribution in [0, 0.1) is 0 Å². The van der Waals surface area contributed by atoms with Gasteiger partial charge in [0.2, 0.25) is 0 Å². The van der Waals surface area contributed by atoms with E-state index in [0.29, 0.717) is 13.0 Å². The lowest BCUT2D eigenvalue weighted by atomic mass is 10.1. The summed E-state index contributed by atoms with van der Waals surface area (Å²) in [6.07, 6.45) is 8.18. The fourth-order valence-corrected chi connectivity index (χ4v) is 2.24. The second kappa shape index (κ2) is 9.28. The summed E-state index contributed by atoms with van der Waals surface area (Å²) in [6, 6.07) is 7.35. The van der Waals surface area contributed by atoms with Gasteiger partial charge < -0.3 is 15.5 Å². The molecule has 0 bridgehead atoms. The zero-order valence-corrected chi connectivity index (χ0v) is 13.6. The molecule has 0 saturated heterocycles. The van der Waals surface area contributed by atoms with Crippen LogP contribution in [0.2, 0.25) is 0 Å². The molecule has 0 aliphatic rings. The van der Waals surface area contributed by atoms with E-state index in [-0.39, 0.29) is 18.4 Å². The number of halogens is 1. The first kappa shape index (κ1) is 18.3. The standard InChI is InChI=1S/C17H22N2O2.ClH/c1-2-3-4-7-10-21-17(20)15(18)11-13-12-19-16-9-6-5-8-14(13)16;/h3-6,8-9,12,15,19H,2,7,10-11,18H2,1H3;1H/t15-;/m0./s1. The molecule has 0 aliphatic carbocycles. The number of ether oxygens (including phenoxy) is 1. The molecule has 120 valence electrons. The minimum absolute atomic E-state index is 0. The summed E-state index contributed by atoms with van der Waals surface area (Å²) in [5.41, 5.74) is 8.03. The number of aromatic nitrogens is 1. The second-order valence-electron chi connectivity index (χ2n) is 5.01. The molecule has 0 amide bonds. The number of benzene rings is 1. The quantitative estimate of drug-likeness (QED) is 0.466. The van der Waals surface area contributed by atoms with E-state index in [2.05, 4.69) is 18.0 Å². The largest absolute Gasteiger partial charge is 0.464 e. The van der Waals surface area contributed by atoms with Crippen molar-refractivity contribution in [3.05, 3.63) is 48.2 Å². The Hall–Kier alpha value is -1.78. The predicted molar refractivity (Wildman–Crippen MR) is 92.2 cm³/mol. The topological polar surface area (TPSA) is 68.1 Å². The van der Waals surface area contributed by atoms with Crippen molar-refractivity contribution >= 4 is 29.3 Å². The number of esters is 1. The van der Waals surface area contributed by atoms with Gasteiger partial charge in [-0.15, -0.1) is 12.4 Å². The number of hydrogen-bond donors (Lipinski definition) is 2. The van der Waals surface area contributed by atoms with Gasteiger partial charge in [0.1, 0.15) is 6.04 Å². The lowest BCUT2D eigenvalue weighted by molar-refractivity contribution is -0.145. The minimum atomic E-state index is -0.626. The predicted octanol–water partition coefficient (Wildman–Crippen LogP) is 3.36. The Balaban J connectivity index is 0.00000242. The van der Waals surface area contributed by atoms with E-state index < -0.39 is 6.04 Å². The highest BCUT2D eigenvalue weighted by atomic mass is 35.5. The highest BCUT2D eigenvalue weighted by Crippen LogP contribution is 2.18. The van der Waals surface area contributed by atoms with Gasteiger partial charge in [0.15, 0.2) is 0 Å². The SMILES string of the molecule is CCC=CCCOC(=O)[C@@H](N)Cc1c[nH]c2ccccc12.Cl. The highest BCUT2D eigenvalue weighted by Gasteiger charge is 2.17. The molecule has 22 heavy (non-hydrogen) atoms. The fraction of sp³-hybridized carbons (Fsp3) is 0.353. The average Bonchev–Trinajstić information content (AvgIpc) is 2.90. The van der Waals surface area contributed by atoms with Crippen molar-refractivity contribution in [3.63, 3.8) is 0 Å². The van der Waals surface area contributed by atoms with Crippen LogP contribution in [-0.2, 0) is 16.0 Å². The summed E-state index contributed by atoms with van der Waals surface area (Å²) in [7, 11) is 0. The molecule has 5 heteroatoms. The van der Waals surface area contributed by atoms with Gasteiger partial charge in [0.05, 0.1) is 6.61 Å². The maximum atomic E-state index is 11.9. The van der Waals surface area contributed by atoms with Gasteiger partial charge in [-0.25, -0.2) is 0 Å². The molecular formula is C17H23ClN2O2. The number of rotatable bonds is 7. The first-order valence-corrected chi connectivity index (χ1v) is 7.34. The van der Waals surface area contributed by atoms with Gasteiger partial charge >= 0.3 is 5.97 Å². The van der Waals surface area contributed by atoms with Gasteiger partial charge in [-0.1, -0.05) is 37.3 Å². The number of aromatic amines is 1. The van der Waals surface area contributed by atoms with Crippen molar-refractivity contribution in [2.24, 2.45) is 5.73 Å². The molecule has 2 aromatic rings. The zero-order valence-electron chi connectivity index (χ0n) is 12.7. The molecule has 1 heterocycles. The molecule has 1 aromatic heterocycles. The maximum absolute atomic E-state index is 11.9. The van der Waals surface area contributed by atoms with Crippen molar-refractivity contribution in [3.8, 4) is 0 Å². The molecule has 4 nitrogen and oxygen atoms in total.